The van der Waals surface area contributed by atoms with Gasteiger partial charge in [0, 0.05) is 24.0 Å². The summed E-state index contributed by atoms with van der Waals surface area (Å²) in [4.78, 5) is 25.5. The minimum absolute atomic E-state index is 0.287. The summed E-state index contributed by atoms with van der Waals surface area (Å²) in [6.07, 6.45) is 3.93. The van der Waals surface area contributed by atoms with Crippen LogP contribution in [0.3, 0.4) is 0 Å². The van der Waals surface area contributed by atoms with Gasteiger partial charge in [0.25, 0.3) is 5.56 Å². The third-order valence-electron chi connectivity index (χ3n) is 3.28. The molecular weight excluding hydrogens is 254 g/mol. The Labute approximate surface area is 117 Å². The number of hydrogen-bond acceptors (Lipinski definition) is 3. The van der Waals surface area contributed by atoms with Gasteiger partial charge >= 0.3 is 5.69 Å². The average Bonchev–Trinajstić information content (AvgIpc) is 2.41. The Morgan fingerprint density at radius 3 is 2.80 bits per heavy atom. The molecule has 20 heavy (non-hydrogen) atoms. The highest BCUT2D eigenvalue weighted by Gasteiger charge is 2.03. The van der Waals surface area contributed by atoms with Crippen molar-refractivity contribution >= 4 is 5.69 Å². The molecule has 1 aromatic carbocycles. The maximum Gasteiger partial charge on any atom is 0.328 e. The van der Waals surface area contributed by atoms with Crippen molar-refractivity contribution in [2.24, 2.45) is 0 Å². The normalized spacial score (nSPS) is 10.7. The minimum atomic E-state index is -0.347. The third-order valence-corrected chi connectivity index (χ3v) is 3.28. The highest BCUT2D eigenvalue weighted by molar-refractivity contribution is 5.40. The first kappa shape index (κ1) is 14.1. The molecule has 1 aromatic heterocycles. The lowest BCUT2D eigenvalue weighted by Crippen LogP contribution is -2.31. The maximum absolute atomic E-state index is 11.7. The van der Waals surface area contributed by atoms with Crippen LogP contribution in [-0.2, 0) is 19.4 Å². The Morgan fingerprint density at radius 1 is 1.30 bits per heavy atom. The van der Waals surface area contributed by atoms with Crippen LogP contribution < -0.4 is 17.0 Å². The molecule has 0 aliphatic heterocycles. The van der Waals surface area contributed by atoms with E-state index in [-0.39, 0.29) is 11.2 Å². The molecule has 1 heterocycles. The van der Waals surface area contributed by atoms with Gasteiger partial charge in [-0.15, -0.1) is 0 Å². The van der Waals surface area contributed by atoms with Crippen LogP contribution in [0.4, 0.5) is 5.69 Å². The molecule has 0 atom stereocenters. The number of rotatable bonds is 5. The molecule has 0 unspecified atom stereocenters. The van der Waals surface area contributed by atoms with Crippen molar-refractivity contribution in [3.8, 4) is 0 Å². The van der Waals surface area contributed by atoms with Crippen molar-refractivity contribution in [1.29, 1.82) is 0 Å². The summed E-state index contributed by atoms with van der Waals surface area (Å²) in [6, 6.07) is 7.73. The SMILES string of the molecule is CCc1cn(CCCc2cccc(N)c2)c(=O)[nH]c1=O. The molecule has 5 nitrogen and oxygen atoms in total. The first-order valence-corrected chi connectivity index (χ1v) is 6.77. The largest absolute Gasteiger partial charge is 0.399 e. The second-order valence-electron chi connectivity index (χ2n) is 4.81. The Bertz CT molecular complexity index is 701. The van der Waals surface area contributed by atoms with Gasteiger partial charge in [-0.25, -0.2) is 4.79 Å². The van der Waals surface area contributed by atoms with E-state index in [1.54, 1.807) is 10.8 Å². The van der Waals surface area contributed by atoms with Gasteiger partial charge in [-0.3, -0.25) is 9.78 Å². The lowest BCUT2D eigenvalue weighted by Gasteiger charge is -2.07. The fourth-order valence-corrected chi connectivity index (χ4v) is 2.17. The zero-order chi connectivity index (χ0) is 14.5. The van der Waals surface area contributed by atoms with Gasteiger partial charge in [0.2, 0.25) is 0 Å². The predicted octanol–water partition coefficient (Wildman–Crippen LogP) is 1.31. The Morgan fingerprint density at radius 2 is 2.10 bits per heavy atom. The van der Waals surface area contributed by atoms with Crippen LogP contribution in [0.5, 0.6) is 0 Å². The number of aryl methyl sites for hydroxylation is 3. The van der Waals surface area contributed by atoms with Gasteiger partial charge in [0.15, 0.2) is 0 Å². The van der Waals surface area contributed by atoms with Crippen molar-refractivity contribution in [3.05, 3.63) is 62.4 Å². The third kappa shape index (κ3) is 3.38. The van der Waals surface area contributed by atoms with Gasteiger partial charge < -0.3 is 10.3 Å². The number of anilines is 1. The summed E-state index contributed by atoms with van der Waals surface area (Å²) < 4.78 is 1.56. The predicted molar refractivity (Wildman–Crippen MR) is 79.9 cm³/mol. The van der Waals surface area contributed by atoms with Crippen LogP contribution in [0.1, 0.15) is 24.5 Å². The van der Waals surface area contributed by atoms with Crippen LogP contribution in [-0.4, -0.2) is 9.55 Å². The zero-order valence-electron chi connectivity index (χ0n) is 11.6. The van der Waals surface area contributed by atoms with E-state index in [2.05, 4.69) is 4.98 Å². The maximum atomic E-state index is 11.7. The first-order chi connectivity index (χ1) is 9.60. The quantitative estimate of drug-likeness (QED) is 0.806. The summed E-state index contributed by atoms with van der Waals surface area (Å²) in [6.45, 7) is 2.48. The molecule has 0 bridgehead atoms. The second-order valence-corrected chi connectivity index (χ2v) is 4.81. The number of nitrogens with two attached hydrogens (primary N) is 1. The van der Waals surface area contributed by atoms with E-state index in [1.807, 2.05) is 31.2 Å². The smallest absolute Gasteiger partial charge is 0.328 e. The number of aromatic nitrogens is 2. The Balaban J connectivity index is 2.04. The molecule has 0 spiro atoms. The van der Waals surface area contributed by atoms with Crippen molar-refractivity contribution < 1.29 is 0 Å². The lowest BCUT2D eigenvalue weighted by molar-refractivity contribution is 0.599. The van der Waals surface area contributed by atoms with Crippen molar-refractivity contribution in [3.63, 3.8) is 0 Å². The van der Waals surface area contributed by atoms with Gasteiger partial charge in [-0.2, -0.15) is 0 Å². The standard InChI is InChI=1S/C15H19N3O2/c1-2-12-10-18(15(20)17-14(12)19)8-4-6-11-5-3-7-13(16)9-11/h3,5,7,9-10H,2,4,6,8,16H2,1H3,(H,17,19,20). The Hall–Kier alpha value is -2.30. The summed E-state index contributed by atoms with van der Waals surface area (Å²) in [5.41, 5.74) is 7.62. The van der Waals surface area contributed by atoms with Crippen molar-refractivity contribution in [1.82, 2.24) is 9.55 Å². The molecule has 0 aliphatic rings. The molecule has 0 saturated carbocycles. The van der Waals surface area contributed by atoms with E-state index in [1.165, 1.54) is 0 Å². The van der Waals surface area contributed by atoms with E-state index in [0.717, 1.165) is 24.1 Å². The molecule has 0 saturated heterocycles. The molecule has 0 aliphatic carbocycles. The fraction of sp³-hybridized carbons (Fsp3) is 0.333. The van der Waals surface area contributed by atoms with Gasteiger partial charge in [-0.05, 0) is 37.0 Å². The summed E-state index contributed by atoms with van der Waals surface area (Å²) >= 11 is 0. The van der Waals surface area contributed by atoms with Crippen LogP contribution >= 0.6 is 0 Å². The van der Waals surface area contributed by atoms with Crippen LogP contribution in [0.2, 0.25) is 0 Å². The first-order valence-electron chi connectivity index (χ1n) is 6.77. The van der Waals surface area contributed by atoms with Gasteiger partial charge in [-0.1, -0.05) is 19.1 Å². The average molecular weight is 273 g/mol. The van der Waals surface area contributed by atoms with Crippen LogP contribution in [0, 0.1) is 0 Å². The number of nitrogens with one attached hydrogen (secondary N) is 1. The number of hydrogen-bond donors (Lipinski definition) is 2. The van der Waals surface area contributed by atoms with Gasteiger partial charge in [0.1, 0.15) is 0 Å². The number of aromatic amines is 1. The van der Waals surface area contributed by atoms with E-state index >= 15 is 0 Å². The lowest BCUT2D eigenvalue weighted by atomic mass is 10.1. The molecule has 0 fully saturated rings. The molecule has 2 rings (SSSR count). The monoisotopic (exact) mass is 273 g/mol. The summed E-state index contributed by atoms with van der Waals surface area (Å²) in [7, 11) is 0. The second kappa shape index (κ2) is 6.23. The summed E-state index contributed by atoms with van der Waals surface area (Å²) in [5.74, 6) is 0. The molecule has 2 aromatic rings. The minimum Gasteiger partial charge on any atom is -0.399 e. The number of benzene rings is 1. The highest BCUT2D eigenvalue weighted by Crippen LogP contribution is 2.09. The number of nitrogen functional groups attached to an aromatic ring is 1. The molecule has 0 amide bonds. The molecule has 0 radical (unpaired) electrons. The van der Waals surface area contributed by atoms with Crippen molar-refractivity contribution in [2.45, 2.75) is 32.7 Å². The summed E-state index contributed by atoms with van der Waals surface area (Å²) in [5, 5.41) is 0. The molecule has 5 heteroatoms. The molecule has 106 valence electrons. The number of H-pyrrole nitrogens is 1. The van der Waals surface area contributed by atoms with E-state index in [0.29, 0.717) is 18.5 Å². The van der Waals surface area contributed by atoms with Crippen LogP contribution in [0.25, 0.3) is 0 Å². The van der Waals surface area contributed by atoms with Gasteiger partial charge in [0.05, 0.1) is 0 Å². The van der Waals surface area contributed by atoms with E-state index in [4.69, 9.17) is 5.73 Å². The molecule has 3 N–H and O–H groups in total. The zero-order valence-corrected chi connectivity index (χ0v) is 11.6. The number of nitrogens with zero attached hydrogens (tertiary/aromatic N) is 1. The van der Waals surface area contributed by atoms with E-state index < -0.39 is 0 Å². The topological polar surface area (TPSA) is 80.9 Å². The van der Waals surface area contributed by atoms with E-state index in [9.17, 15) is 9.59 Å². The van der Waals surface area contributed by atoms with Crippen LogP contribution in [0.15, 0.2) is 40.1 Å². The van der Waals surface area contributed by atoms with Crippen molar-refractivity contribution in [2.75, 3.05) is 5.73 Å². The fourth-order valence-electron chi connectivity index (χ4n) is 2.17. The Kier molecular flexibility index (Phi) is 4.40. The molecular formula is C15H19N3O2. The highest BCUT2D eigenvalue weighted by atomic mass is 16.2.